The second-order valence-electron chi connectivity index (χ2n) is 6.41. The SMILES string of the molecule is CCN(CCC(O)c1cc(C)cc(C)c1)CC(C)(C)O. The van der Waals surface area contributed by atoms with Crippen molar-refractivity contribution in [1.82, 2.24) is 4.90 Å². The minimum absolute atomic E-state index is 0.440. The molecule has 2 N–H and O–H groups in total. The van der Waals surface area contributed by atoms with E-state index in [1.165, 1.54) is 11.1 Å². The van der Waals surface area contributed by atoms with Gasteiger partial charge in [0.25, 0.3) is 0 Å². The highest BCUT2D eigenvalue weighted by atomic mass is 16.3. The molecule has 0 bridgehead atoms. The van der Waals surface area contributed by atoms with Gasteiger partial charge in [-0.05, 0) is 46.2 Å². The second-order valence-corrected chi connectivity index (χ2v) is 6.41. The highest BCUT2D eigenvalue weighted by Crippen LogP contribution is 2.20. The van der Waals surface area contributed by atoms with Crippen molar-refractivity contribution in [3.05, 3.63) is 34.9 Å². The average Bonchev–Trinajstić information content (AvgIpc) is 2.31. The minimum atomic E-state index is -0.694. The standard InChI is InChI=1S/C17H29NO2/c1-6-18(12-17(4,5)20)8-7-16(19)15-10-13(2)9-14(3)11-15/h9-11,16,19-20H,6-8,12H2,1-5H3. The monoisotopic (exact) mass is 279 g/mol. The number of nitrogens with zero attached hydrogens (tertiary/aromatic N) is 1. The van der Waals surface area contributed by atoms with E-state index in [2.05, 4.69) is 31.7 Å². The Bertz CT molecular complexity index is 403. The zero-order chi connectivity index (χ0) is 15.3. The second kappa shape index (κ2) is 7.21. The van der Waals surface area contributed by atoms with E-state index >= 15 is 0 Å². The van der Waals surface area contributed by atoms with E-state index in [4.69, 9.17) is 0 Å². The summed E-state index contributed by atoms with van der Waals surface area (Å²) in [5.41, 5.74) is 2.66. The third-order valence-corrected chi connectivity index (χ3v) is 3.41. The van der Waals surface area contributed by atoms with Gasteiger partial charge in [0.15, 0.2) is 0 Å². The molecule has 1 rings (SSSR count). The fraction of sp³-hybridized carbons (Fsp3) is 0.647. The summed E-state index contributed by atoms with van der Waals surface area (Å²) in [7, 11) is 0. The van der Waals surface area contributed by atoms with E-state index in [1.54, 1.807) is 0 Å². The van der Waals surface area contributed by atoms with Crippen molar-refractivity contribution < 1.29 is 10.2 Å². The van der Waals surface area contributed by atoms with Crippen molar-refractivity contribution in [1.29, 1.82) is 0 Å². The van der Waals surface area contributed by atoms with Gasteiger partial charge in [-0.3, -0.25) is 0 Å². The first-order valence-electron chi connectivity index (χ1n) is 7.42. The number of benzene rings is 1. The van der Waals surface area contributed by atoms with E-state index in [9.17, 15) is 10.2 Å². The Hall–Kier alpha value is -0.900. The molecule has 0 saturated heterocycles. The molecule has 3 nitrogen and oxygen atoms in total. The molecule has 0 amide bonds. The molecule has 20 heavy (non-hydrogen) atoms. The van der Waals surface area contributed by atoms with Crippen molar-refractivity contribution in [2.45, 2.75) is 52.7 Å². The van der Waals surface area contributed by atoms with E-state index in [0.29, 0.717) is 13.0 Å². The van der Waals surface area contributed by atoms with Crippen LogP contribution in [0.15, 0.2) is 18.2 Å². The van der Waals surface area contributed by atoms with Gasteiger partial charge < -0.3 is 15.1 Å². The number of aliphatic hydroxyl groups is 2. The lowest BCUT2D eigenvalue weighted by molar-refractivity contribution is 0.0322. The van der Waals surface area contributed by atoms with Gasteiger partial charge in [-0.15, -0.1) is 0 Å². The summed E-state index contributed by atoms with van der Waals surface area (Å²) < 4.78 is 0. The van der Waals surface area contributed by atoms with Crippen LogP contribution in [0.1, 0.15) is 50.0 Å². The molecule has 1 aromatic rings. The zero-order valence-electron chi connectivity index (χ0n) is 13.5. The highest BCUT2D eigenvalue weighted by molar-refractivity contribution is 5.29. The van der Waals surface area contributed by atoms with E-state index in [1.807, 2.05) is 26.0 Å². The summed E-state index contributed by atoms with van der Waals surface area (Å²) in [6.07, 6.45) is 0.247. The number of aliphatic hydroxyl groups excluding tert-OH is 1. The quantitative estimate of drug-likeness (QED) is 0.806. The Kier molecular flexibility index (Phi) is 6.18. The molecule has 1 atom stereocenters. The number of hydrogen-bond acceptors (Lipinski definition) is 3. The number of rotatable bonds is 7. The van der Waals surface area contributed by atoms with Crippen molar-refractivity contribution in [2.75, 3.05) is 19.6 Å². The van der Waals surface area contributed by atoms with Gasteiger partial charge in [0.05, 0.1) is 11.7 Å². The van der Waals surface area contributed by atoms with E-state index in [-0.39, 0.29) is 0 Å². The van der Waals surface area contributed by atoms with Crippen molar-refractivity contribution in [3.63, 3.8) is 0 Å². The molecule has 1 aromatic carbocycles. The van der Waals surface area contributed by atoms with E-state index in [0.717, 1.165) is 18.7 Å². The molecule has 114 valence electrons. The Morgan fingerprint density at radius 2 is 1.70 bits per heavy atom. The van der Waals surface area contributed by atoms with Crippen LogP contribution in [0.3, 0.4) is 0 Å². The molecular formula is C17H29NO2. The minimum Gasteiger partial charge on any atom is -0.389 e. The van der Waals surface area contributed by atoms with Gasteiger partial charge in [-0.2, -0.15) is 0 Å². The topological polar surface area (TPSA) is 43.7 Å². The molecule has 0 radical (unpaired) electrons. The van der Waals surface area contributed by atoms with Crippen molar-refractivity contribution in [3.8, 4) is 0 Å². The molecule has 0 heterocycles. The van der Waals surface area contributed by atoms with Crippen LogP contribution in [0, 0.1) is 13.8 Å². The maximum Gasteiger partial charge on any atom is 0.0802 e. The smallest absolute Gasteiger partial charge is 0.0802 e. The fourth-order valence-corrected chi connectivity index (χ4v) is 2.57. The lowest BCUT2D eigenvalue weighted by Gasteiger charge is -2.28. The molecule has 0 aliphatic carbocycles. The Morgan fingerprint density at radius 1 is 1.15 bits per heavy atom. The number of aryl methyl sites for hydroxylation is 2. The molecule has 0 aliphatic heterocycles. The molecular weight excluding hydrogens is 250 g/mol. The number of likely N-dealkylation sites (N-methyl/N-ethyl adjacent to an activating group) is 1. The summed E-state index contributed by atoms with van der Waals surface area (Å²) in [6.45, 7) is 12.1. The molecule has 1 unspecified atom stereocenters. The first kappa shape index (κ1) is 17.2. The third-order valence-electron chi connectivity index (χ3n) is 3.41. The number of hydrogen-bond donors (Lipinski definition) is 2. The summed E-state index contributed by atoms with van der Waals surface area (Å²) in [5.74, 6) is 0. The van der Waals surface area contributed by atoms with Crippen molar-refractivity contribution in [2.24, 2.45) is 0 Å². The summed E-state index contributed by atoms with van der Waals surface area (Å²) in [6, 6.07) is 6.21. The average molecular weight is 279 g/mol. The van der Waals surface area contributed by atoms with Crippen LogP contribution in [0.4, 0.5) is 0 Å². The third kappa shape index (κ3) is 6.04. The van der Waals surface area contributed by atoms with Crippen LogP contribution in [0.25, 0.3) is 0 Å². The summed E-state index contributed by atoms with van der Waals surface area (Å²) in [4.78, 5) is 2.17. The lowest BCUT2D eigenvalue weighted by Crippen LogP contribution is -2.39. The Balaban J connectivity index is 2.59. The highest BCUT2D eigenvalue weighted by Gasteiger charge is 2.18. The first-order chi connectivity index (χ1) is 9.21. The van der Waals surface area contributed by atoms with E-state index < -0.39 is 11.7 Å². The van der Waals surface area contributed by atoms with Crippen LogP contribution in [0.2, 0.25) is 0 Å². The van der Waals surface area contributed by atoms with Crippen LogP contribution in [-0.4, -0.2) is 40.3 Å². The van der Waals surface area contributed by atoms with Crippen molar-refractivity contribution >= 4 is 0 Å². The van der Waals surface area contributed by atoms with Crippen LogP contribution < -0.4 is 0 Å². The normalized spacial score (nSPS) is 13.8. The fourth-order valence-electron chi connectivity index (χ4n) is 2.57. The van der Waals surface area contributed by atoms with Crippen LogP contribution in [-0.2, 0) is 0 Å². The lowest BCUT2D eigenvalue weighted by atomic mass is 10.0. The predicted octanol–water partition coefficient (Wildman–Crippen LogP) is 2.82. The summed E-state index contributed by atoms with van der Waals surface area (Å²) in [5, 5.41) is 20.2. The van der Waals surface area contributed by atoms with Gasteiger partial charge in [0.1, 0.15) is 0 Å². The van der Waals surface area contributed by atoms with Crippen LogP contribution in [0.5, 0.6) is 0 Å². The maximum absolute atomic E-state index is 10.3. The zero-order valence-corrected chi connectivity index (χ0v) is 13.5. The largest absolute Gasteiger partial charge is 0.389 e. The molecule has 3 heteroatoms. The van der Waals surface area contributed by atoms with Gasteiger partial charge in [0.2, 0.25) is 0 Å². The van der Waals surface area contributed by atoms with Gasteiger partial charge >= 0.3 is 0 Å². The predicted molar refractivity (Wildman–Crippen MR) is 83.9 cm³/mol. The molecule has 0 spiro atoms. The van der Waals surface area contributed by atoms with Gasteiger partial charge in [-0.25, -0.2) is 0 Å². The molecule has 0 fully saturated rings. The summed E-state index contributed by atoms with van der Waals surface area (Å²) >= 11 is 0. The Labute approximate surface area is 123 Å². The van der Waals surface area contributed by atoms with Crippen LogP contribution >= 0.6 is 0 Å². The first-order valence-corrected chi connectivity index (χ1v) is 7.42. The van der Waals surface area contributed by atoms with Gasteiger partial charge in [-0.1, -0.05) is 36.2 Å². The maximum atomic E-state index is 10.3. The molecule has 0 aliphatic rings. The Morgan fingerprint density at radius 3 is 2.15 bits per heavy atom. The molecule has 0 saturated carbocycles. The van der Waals surface area contributed by atoms with Gasteiger partial charge in [0, 0.05) is 13.1 Å². The molecule has 0 aromatic heterocycles.